The maximum atomic E-state index is 12.4. The van der Waals surface area contributed by atoms with Crippen LogP contribution in [0.15, 0.2) is 18.2 Å². The van der Waals surface area contributed by atoms with Crippen LogP contribution in [0.5, 0.6) is 0 Å². The highest BCUT2D eigenvalue weighted by Gasteiger charge is 2.62. The summed E-state index contributed by atoms with van der Waals surface area (Å²) in [5.41, 5.74) is 3.49. The van der Waals surface area contributed by atoms with Crippen LogP contribution in [0.25, 0.3) is 0 Å². The van der Waals surface area contributed by atoms with Gasteiger partial charge in [0.05, 0.1) is 17.7 Å². The number of carbonyl (C=O) groups is 1. The van der Waals surface area contributed by atoms with Gasteiger partial charge in [0, 0.05) is 0 Å². The molecule has 2 heterocycles. The quantitative estimate of drug-likeness (QED) is 0.769. The summed E-state index contributed by atoms with van der Waals surface area (Å²) in [6.45, 7) is 8.77. The van der Waals surface area contributed by atoms with Crippen molar-refractivity contribution in [1.29, 1.82) is 0 Å². The first-order valence-electron chi connectivity index (χ1n) is 7.03. The molecular weight excluding hydrogens is 238 g/mol. The van der Waals surface area contributed by atoms with Crippen LogP contribution in [-0.4, -0.2) is 17.6 Å². The fourth-order valence-electron chi connectivity index (χ4n) is 4.17. The normalized spacial score (nSPS) is 31.5. The van der Waals surface area contributed by atoms with E-state index in [9.17, 15) is 4.79 Å². The van der Waals surface area contributed by atoms with Gasteiger partial charge in [-0.3, -0.25) is 4.90 Å². The third-order valence-electron chi connectivity index (χ3n) is 4.93. The molecule has 1 saturated heterocycles. The molecule has 2 aliphatic rings. The Labute approximate surface area is 114 Å². The molecule has 0 unspecified atom stereocenters. The van der Waals surface area contributed by atoms with Crippen molar-refractivity contribution in [2.45, 2.75) is 51.6 Å². The van der Waals surface area contributed by atoms with Gasteiger partial charge in [-0.1, -0.05) is 18.2 Å². The lowest BCUT2D eigenvalue weighted by Crippen LogP contribution is -2.45. The molecule has 2 aliphatic heterocycles. The van der Waals surface area contributed by atoms with Gasteiger partial charge in [-0.25, -0.2) is 4.79 Å². The Morgan fingerprint density at radius 3 is 2.63 bits per heavy atom. The zero-order chi connectivity index (χ0) is 13.8. The predicted octanol–water partition coefficient (Wildman–Crippen LogP) is 3.69. The van der Waals surface area contributed by atoms with Crippen molar-refractivity contribution < 1.29 is 9.53 Å². The second-order valence-electron chi connectivity index (χ2n) is 6.08. The van der Waals surface area contributed by atoms with Gasteiger partial charge in [0.15, 0.2) is 0 Å². The number of carbonyl (C=O) groups excluding carboxylic acids is 1. The SMILES string of the molecule is CCOC(=O)N1[C@@]2(C)CC[C@]1(C)c1c(C)cccc12. The lowest BCUT2D eigenvalue weighted by molar-refractivity contribution is 0.0460. The van der Waals surface area contributed by atoms with Crippen molar-refractivity contribution in [3.8, 4) is 0 Å². The molecule has 3 nitrogen and oxygen atoms in total. The number of hydrogen-bond donors (Lipinski definition) is 0. The van der Waals surface area contributed by atoms with E-state index in [4.69, 9.17) is 4.74 Å². The Morgan fingerprint density at radius 2 is 2.00 bits per heavy atom. The highest BCUT2D eigenvalue weighted by Crippen LogP contribution is 2.61. The zero-order valence-corrected chi connectivity index (χ0v) is 12.1. The van der Waals surface area contributed by atoms with Crippen LogP contribution >= 0.6 is 0 Å². The summed E-state index contributed by atoms with van der Waals surface area (Å²) in [6, 6.07) is 6.39. The Hall–Kier alpha value is -1.51. The monoisotopic (exact) mass is 259 g/mol. The molecule has 0 aromatic heterocycles. The second-order valence-corrected chi connectivity index (χ2v) is 6.08. The van der Waals surface area contributed by atoms with Crippen molar-refractivity contribution >= 4 is 6.09 Å². The molecule has 19 heavy (non-hydrogen) atoms. The van der Waals surface area contributed by atoms with Crippen molar-refractivity contribution in [3.63, 3.8) is 0 Å². The maximum Gasteiger partial charge on any atom is 0.411 e. The van der Waals surface area contributed by atoms with E-state index >= 15 is 0 Å². The maximum absolute atomic E-state index is 12.4. The fraction of sp³-hybridized carbons (Fsp3) is 0.562. The first kappa shape index (κ1) is 12.5. The van der Waals surface area contributed by atoms with Crippen molar-refractivity contribution in [2.24, 2.45) is 0 Å². The summed E-state index contributed by atoms with van der Waals surface area (Å²) < 4.78 is 5.30. The lowest BCUT2D eigenvalue weighted by Gasteiger charge is -2.35. The zero-order valence-electron chi connectivity index (χ0n) is 12.1. The van der Waals surface area contributed by atoms with Gasteiger partial charge in [0.1, 0.15) is 0 Å². The average Bonchev–Trinajstić information content (AvgIpc) is 2.73. The second kappa shape index (κ2) is 3.75. The standard InChI is InChI=1S/C16H21NO2/c1-5-19-14(18)17-15(3)9-10-16(17,4)13-11(2)7-6-8-12(13)15/h6-8H,5,9-10H2,1-4H3/t15-,16+/m0/s1. The van der Waals surface area contributed by atoms with Crippen LogP contribution in [0.3, 0.4) is 0 Å². The van der Waals surface area contributed by atoms with Crippen LogP contribution in [-0.2, 0) is 15.8 Å². The molecule has 0 aliphatic carbocycles. The number of nitrogens with zero attached hydrogens (tertiary/aromatic N) is 1. The number of fused-ring (bicyclic) bond motifs is 5. The van der Waals surface area contributed by atoms with Gasteiger partial charge in [-0.2, -0.15) is 0 Å². The minimum absolute atomic E-state index is 0.180. The molecule has 1 aromatic carbocycles. The van der Waals surface area contributed by atoms with Gasteiger partial charge >= 0.3 is 6.09 Å². The summed E-state index contributed by atoms with van der Waals surface area (Å²) in [6.07, 6.45) is 1.85. The first-order valence-corrected chi connectivity index (χ1v) is 7.03. The Morgan fingerprint density at radius 1 is 1.32 bits per heavy atom. The van der Waals surface area contributed by atoms with E-state index in [0.717, 1.165) is 12.8 Å². The minimum atomic E-state index is -0.207. The van der Waals surface area contributed by atoms with Crippen LogP contribution in [0.2, 0.25) is 0 Å². The fourth-order valence-corrected chi connectivity index (χ4v) is 4.17. The molecule has 2 bridgehead atoms. The first-order chi connectivity index (χ1) is 8.95. The summed E-state index contributed by atoms with van der Waals surface area (Å²) in [7, 11) is 0. The van der Waals surface area contributed by atoms with Crippen molar-refractivity contribution in [1.82, 2.24) is 4.90 Å². The molecule has 1 fully saturated rings. The molecule has 0 radical (unpaired) electrons. The number of hydrogen-bond acceptors (Lipinski definition) is 2. The topological polar surface area (TPSA) is 29.5 Å². The van der Waals surface area contributed by atoms with Crippen LogP contribution in [0.1, 0.15) is 50.3 Å². The third kappa shape index (κ3) is 1.36. The molecular formula is C16H21NO2. The summed E-state index contributed by atoms with van der Waals surface area (Å²) >= 11 is 0. The summed E-state index contributed by atoms with van der Waals surface area (Å²) in [5, 5.41) is 0. The van der Waals surface area contributed by atoms with E-state index in [-0.39, 0.29) is 17.2 Å². The van der Waals surface area contributed by atoms with Gasteiger partial charge in [-0.15, -0.1) is 0 Å². The number of ether oxygens (including phenoxy) is 1. The third-order valence-corrected chi connectivity index (χ3v) is 4.93. The van der Waals surface area contributed by atoms with Crippen molar-refractivity contribution in [3.05, 3.63) is 34.9 Å². The van der Waals surface area contributed by atoms with E-state index in [0.29, 0.717) is 6.61 Å². The number of aryl methyl sites for hydroxylation is 1. The number of amides is 1. The highest BCUT2D eigenvalue weighted by molar-refractivity contribution is 5.74. The van der Waals surface area contributed by atoms with Crippen LogP contribution in [0, 0.1) is 6.92 Å². The molecule has 102 valence electrons. The number of benzene rings is 1. The smallest absolute Gasteiger partial charge is 0.411 e. The molecule has 3 rings (SSSR count). The van der Waals surface area contributed by atoms with E-state index in [1.54, 1.807) is 0 Å². The van der Waals surface area contributed by atoms with Gasteiger partial charge < -0.3 is 4.74 Å². The summed E-state index contributed by atoms with van der Waals surface area (Å²) in [5.74, 6) is 0. The molecule has 1 aromatic rings. The van der Waals surface area contributed by atoms with Crippen LogP contribution in [0.4, 0.5) is 4.79 Å². The molecule has 3 heteroatoms. The molecule has 0 N–H and O–H groups in total. The lowest BCUT2D eigenvalue weighted by atomic mass is 9.76. The van der Waals surface area contributed by atoms with E-state index < -0.39 is 0 Å². The predicted molar refractivity (Wildman–Crippen MR) is 74.0 cm³/mol. The Bertz CT molecular complexity index is 554. The van der Waals surface area contributed by atoms with Gasteiger partial charge in [-0.05, 0) is 57.2 Å². The van der Waals surface area contributed by atoms with E-state index in [2.05, 4.69) is 39.0 Å². The Balaban J connectivity index is 2.18. The molecule has 1 amide bonds. The molecule has 0 saturated carbocycles. The average molecular weight is 259 g/mol. The number of rotatable bonds is 1. The van der Waals surface area contributed by atoms with Gasteiger partial charge in [0.2, 0.25) is 0 Å². The highest BCUT2D eigenvalue weighted by atomic mass is 16.6. The van der Waals surface area contributed by atoms with Gasteiger partial charge in [0.25, 0.3) is 0 Å². The van der Waals surface area contributed by atoms with E-state index in [1.807, 2.05) is 11.8 Å². The molecule has 2 atom stereocenters. The van der Waals surface area contributed by atoms with Crippen molar-refractivity contribution in [2.75, 3.05) is 6.61 Å². The largest absolute Gasteiger partial charge is 0.450 e. The summed E-state index contributed by atoms with van der Waals surface area (Å²) in [4.78, 5) is 14.4. The van der Waals surface area contributed by atoms with E-state index in [1.165, 1.54) is 16.7 Å². The minimum Gasteiger partial charge on any atom is -0.450 e. The Kier molecular flexibility index (Phi) is 2.47. The molecule has 0 spiro atoms. The van der Waals surface area contributed by atoms with Crippen LogP contribution < -0.4 is 0 Å².